The zero-order chi connectivity index (χ0) is 16.5. The van der Waals surface area contributed by atoms with Gasteiger partial charge in [-0.25, -0.2) is 9.59 Å². The van der Waals surface area contributed by atoms with Gasteiger partial charge in [0.15, 0.2) is 0 Å². The summed E-state index contributed by atoms with van der Waals surface area (Å²) in [6, 6.07) is 8.30. The van der Waals surface area contributed by atoms with Crippen LogP contribution in [0.4, 0.5) is 4.79 Å². The Morgan fingerprint density at radius 2 is 1.77 bits per heavy atom. The van der Waals surface area contributed by atoms with Crippen LogP contribution in [0.2, 0.25) is 0 Å². The molecule has 7 heteroatoms. The first-order chi connectivity index (χ1) is 10.4. The van der Waals surface area contributed by atoms with Crippen molar-refractivity contribution in [3.63, 3.8) is 0 Å². The molecule has 1 aromatic carbocycles. The van der Waals surface area contributed by atoms with Gasteiger partial charge in [-0.2, -0.15) is 0 Å². The van der Waals surface area contributed by atoms with Gasteiger partial charge in [-0.3, -0.25) is 0 Å². The third-order valence-corrected chi connectivity index (χ3v) is 3.33. The second-order valence-corrected chi connectivity index (χ2v) is 5.12. The van der Waals surface area contributed by atoms with E-state index < -0.39 is 24.1 Å². The first-order valence-electron chi connectivity index (χ1n) is 6.79. The van der Waals surface area contributed by atoms with Gasteiger partial charge in [0.1, 0.15) is 12.6 Å². The topological polar surface area (TPSA) is 76.7 Å². The van der Waals surface area contributed by atoms with Crippen molar-refractivity contribution >= 4 is 29.3 Å². The van der Waals surface area contributed by atoms with E-state index in [4.69, 9.17) is 17.0 Å². The standard InChI is InChI=1S/C15H20N2O4S/c1-10(13(22)16-11(2)14(18)20-3)17-15(19)21-9-12-7-5-4-6-8-12/h4-8,10-11H,9H2,1-3H3,(H,16,22)(H,17,19)/t10-,11-/m0/s1. The predicted molar refractivity (Wildman–Crippen MR) is 86.4 cm³/mol. The lowest BCUT2D eigenvalue weighted by Crippen LogP contribution is -2.48. The molecule has 2 atom stereocenters. The van der Waals surface area contributed by atoms with Crippen molar-refractivity contribution in [2.45, 2.75) is 32.5 Å². The van der Waals surface area contributed by atoms with Crippen molar-refractivity contribution in [3.05, 3.63) is 35.9 Å². The molecule has 0 bridgehead atoms. The highest BCUT2D eigenvalue weighted by Crippen LogP contribution is 2.01. The molecule has 2 N–H and O–H groups in total. The average Bonchev–Trinajstić information content (AvgIpc) is 2.52. The van der Waals surface area contributed by atoms with Crippen LogP contribution in [0.25, 0.3) is 0 Å². The molecule has 120 valence electrons. The van der Waals surface area contributed by atoms with E-state index in [9.17, 15) is 9.59 Å². The summed E-state index contributed by atoms with van der Waals surface area (Å²) in [7, 11) is 1.30. The minimum atomic E-state index is -0.581. The second kappa shape index (κ2) is 8.99. The summed E-state index contributed by atoms with van der Waals surface area (Å²) in [5.74, 6) is -0.429. The monoisotopic (exact) mass is 324 g/mol. The molecule has 0 saturated heterocycles. The van der Waals surface area contributed by atoms with Crippen LogP contribution in [-0.4, -0.2) is 36.2 Å². The highest BCUT2D eigenvalue weighted by atomic mass is 32.1. The molecule has 0 saturated carbocycles. The van der Waals surface area contributed by atoms with Crippen molar-refractivity contribution in [3.8, 4) is 0 Å². The van der Waals surface area contributed by atoms with Crippen LogP contribution in [0.15, 0.2) is 30.3 Å². The SMILES string of the molecule is COC(=O)[C@H](C)NC(=S)[C@H](C)NC(=O)OCc1ccccc1. The summed E-state index contributed by atoms with van der Waals surface area (Å²) < 4.78 is 9.68. The van der Waals surface area contributed by atoms with Gasteiger partial charge in [-0.05, 0) is 19.4 Å². The van der Waals surface area contributed by atoms with Gasteiger partial charge < -0.3 is 20.1 Å². The van der Waals surface area contributed by atoms with Crippen molar-refractivity contribution < 1.29 is 19.1 Å². The van der Waals surface area contributed by atoms with Crippen LogP contribution in [0, 0.1) is 0 Å². The number of hydrogen-bond donors (Lipinski definition) is 2. The fraction of sp³-hybridized carbons (Fsp3) is 0.400. The Labute approximate surface area is 135 Å². The largest absolute Gasteiger partial charge is 0.467 e. The van der Waals surface area contributed by atoms with Crippen LogP contribution >= 0.6 is 12.2 Å². The fourth-order valence-electron chi connectivity index (χ4n) is 1.58. The van der Waals surface area contributed by atoms with E-state index in [-0.39, 0.29) is 6.61 Å². The number of methoxy groups -OCH3 is 1. The Bertz CT molecular complexity index is 522. The lowest BCUT2D eigenvalue weighted by Gasteiger charge is -2.19. The number of hydrogen-bond acceptors (Lipinski definition) is 5. The molecule has 0 aromatic heterocycles. The van der Waals surface area contributed by atoms with E-state index in [1.165, 1.54) is 7.11 Å². The number of carbonyl (C=O) groups is 2. The predicted octanol–water partition coefficient (Wildman–Crippen LogP) is 1.78. The fourth-order valence-corrected chi connectivity index (χ4v) is 1.82. The van der Waals surface area contributed by atoms with Crippen molar-refractivity contribution in [1.29, 1.82) is 0 Å². The number of alkyl carbamates (subject to hydrolysis) is 1. The normalized spacial score (nSPS) is 12.7. The second-order valence-electron chi connectivity index (χ2n) is 4.68. The quantitative estimate of drug-likeness (QED) is 0.613. The molecule has 0 fully saturated rings. The van der Waals surface area contributed by atoms with Crippen LogP contribution in [0.5, 0.6) is 0 Å². The van der Waals surface area contributed by atoms with Crippen molar-refractivity contribution in [2.75, 3.05) is 7.11 Å². The molecule has 1 rings (SSSR count). The molecule has 0 unspecified atom stereocenters. The maximum absolute atomic E-state index is 11.7. The molecule has 0 radical (unpaired) electrons. The summed E-state index contributed by atoms with van der Waals surface area (Å²) in [5.41, 5.74) is 0.894. The van der Waals surface area contributed by atoms with Crippen LogP contribution in [0.1, 0.15) is 19.4 Å². The first-order valence-corrected chi connectivity index (χ1v) is 7.20. The number of nitrogens with one attached hydrogen (secondary N) is 2. The molecule has 1 aromatic rings. The summed E-state index contributed by atoms with van der Waals surface area (Å²) in [6.07, 6.45) is -0.578. The Hall–Kier alpha value is -2.15. The summed E-state index contributed by atoms with van der Waals surface area (Å²) >= 11 is 5.13. The summed E-state index contributed by atoms with van der Waals surface area (Å²) in [4.78, 5) is 23.3. The van der Waals surface area contributed by atoms with Crippen LogP contribution in [-0.2, 0) is 20.9 Å². The summed E-state index contributed by atoms with van der Waals surface area (Å²) in [5, 5.41) is 5.39. The zero-order valence-electron chi connectivity index (χ0n) is 12.8. The molecule has 0 aliphatic carbocycles. The average molecular weight is 324 g/mol. The molecule has 0 spiro atoms. The van der Waals surface area contributed by atoms with Crippen LogP contribution in [0.3, 0.4) is 0 Å². The zero-order valence-corrected chi connectivity index (χ0v) is 13.6. The Balaban J connectivity index is 2.37. The molecule has 0 heterocycles. The van der Waals surface area contributed by atoms with Gasteiger partial charge in [0.25, 0.3) is 0 Å². The highest BCUT2D eigenvalue weighted by molar-refractivity contribution is 7.80. The van der Waals surface area contributed by atoms with Gasteiger partial charge in [0.05, 0.1) is 18.1 Å². The molecule has 1 amide bonds. The third kappa shape index (κ3) is 6.09. The van der Waals surface area contributed by atoms with E-state index in [0.717, 1.165) is 5.56 Å². The number of ether oxygens (including phenoxy) is 2. The maximum atomic E-state index is 11.7. The van der Waals surface area contributed by atoms with Gasteiger partial charge >= 0.3 is 12.1 Å². The number of carbonyl (C=O) groups excluding carboxylic acids is 2. The van der Waals surface area contributed by atoms with E-state index in [1.807, 2.05) is 30.3 Å². The first kappa shape index (κ1) is 17.9. The van der Waals surface area contributed by atoms with Gasteiger partial charge in [-0.15, -0.1) is 0 Å². The number of thiocarbonyl (C=S) groups is 1. The van der Waals surface area contributed by atoms with Gasteiger partial charge in [0, 0.05) is 0 Å². The minimum Gasteiger partial charge on any atom is -0.467 e. The van der Waals surface area contributed by atoms with Gasteiger partial charge in [-0.1, -0.05) is 42.5 Å². The van der Waals surface area contributed by atoms with E-state index >= 15 is 0 Å². The molecular weight excluding hydrogens is 304 g/mol. The molecule has 22 heavy (non-hydrogen) atoms. The molecule has 0 aliphatic rings. The third-order valence-electron chi connectivity index (χ3n) is 2.85. The minimum absolute atomic E-state index is 0.179. The lowest BCUT2D eigenvalue weighted by molar-refractivity contribution is -0.142. The number of esters is 1. The molecular formula is C15H20N2O4S. The number of rotatable bonds is 6. The molecule has 0 aliphatic heterocycles. The molecule has 6 nitrogen and oxygen atoms in total. The van der Waals surface area contributed by atoms with E-state index in [2.05, 4.69) is 15.4 Å². The van der Waals surface area contributed by atoms with Gasteiger partial charge in [0.2, 0.25) is 0 Å². The Kier molecular flexibility index (Phi) is 7.31. The smallest absolute Gasteiger partial charge is 0.408 e. The highest BCUT2D eigenvalue weighted by Gasteiger charge is 2.18. The summed E-state index contributed by atoms with van der Waals surface area (Å²) in [6.45, 7) is 3.50. The van der Waals surface area contributed by atoms with E-state index in [1.54, 1.807) is 13.8 Å². The number of amides is 1. The Morgan fingerprint density at radius 3 is 2.36 bits per heavy atom. The van der Waals surface area contributed by atoms with Crippen molar-refractivity contribution in [1.82, 2.24) is 10.6 Å². The van der Waals surface area contributed by atoms with Crippen LogP contribution < -0.4 is 10.6 Å². The van der Waals surface area contributed by atoms with Crippen molar-refractivity contribution in [2.24, 2.45) is 0 Å². The van der Waals surface area contributed by atoms with E-state index in [0.29, 0.717) is 4.99 Å². The maximum Gasteiger partial charge on any atom is 0.408 e. The number of benzene rings is 1. The Morgan fingerprint density at radius 1 is 1.14 bits per heavy atom. The lowest BCUT2D eigenvalue weighted by atomic mass is 10.2.